The van der Waals surface area contributed by atoms with Gasteiger partial charge in [0.15, 0.2) is 4.96 Å². The molecule has 4 nitrogen and oxygen atoms in total. The van der Waals surface area contributed by atoms with Gasteiger partial charge < -0.3 is 0 Å². The van der Waals surface area contributed by atoms with Crippen molar-refractivity contribution in [2.45, 2.75) is 12.5 Å². The van der Waals surface area contributed by atoms with E-state index in [9.17, 15) is 0 Å². The van der Waals surface area contributed by atoms with Crippen LogP contribution in [0.25, 0.3) is 4.96 Å². The van der Waals surface area contributed by atoms with Crippen molar-refractivity contribution < 1.29 is 0 Å². The molecule has 3 rings (SSSR count). The van der Waals surface area contributed by atoms with Crippen molar-refractivity contribution in [2.24, 2.45) is 5.84 Å². The molecule has 8 heteroatoms. The van der Waals surface area contributed by atoms with E-state index in [2.05, 4.69) is 48.3 Å². The zero-order valence-corrected chi connectivity index (χ0v) is 14.4. The van der Waals surface area contributed by atoms with Gasteiger partial charge in [-0.3, -0.25) is 15.7 Å². The van der Waals surface area contributed by atoms with Crippen LogP contribution < -0.4 is 11.3 Å². The van der Waals surface area contributed by atoms with Crippen molar-refractivity contribution in [3.63, 3.8) is 0 Å². The lowest BCUT2D eigenvalue weighted by Gasteiger charge is -2.13. The van der Waals surface area contributed by atoms with Gasteiger partial charge in [-0.1, -0.05) is 0 Å². The van der Waals surface area contributed by atoms with Crippen molar-refractivity contribution in [3.05, 3.63) is 42.7 Å². The maximum Gasteiger partial charge on any atom is 0.193 e. The van der Waals surface area contributed by atoms with Crippen LogP contribution in [0.2, 0.25) is 0 Å². The highest BCUT2D eigenvalue weighted by atomic mass is 79.9. The highest BCUT2D eigenvalue weighted by Gasteiger charge is 2.18. The molecule has 0 amide bonds. The second kappa shape index (κ2) is 5.63. The third kappa shape index (κ3) is 2.79. The average molecular weight is 422 g/mol. The van der Waals surface area contributed by atoms with E-state index in [1.54, 1.807) is 22.7 Å². The number of nitrogens with zero attached hydrogens (tertiary/aromatic N) is 2. The minimum absolute atomic E-state index is 0.0431. The van der Waals surface area contributed by atoms with Crippen LogP contribution >= 0.6 is 54.5 Å². The first-order valence-electron chi connectivity index (χ1n) is 5.49. The number of hydrogen-bond acceptors (Lipinski definition) is 5. The minimum atomic E-state index is 0.0431. The Balaban J connectivity index is 1.87. The molecule has 0 aliphatic heterocycles. The molecule has 0 radical (unpaired) electrons. The van der Waals surface area contributed by atoms with Gasteiger partial charge in [0, 0.05) is 24.2 Å². The van der Waals surface area contributed by atoms with Crippen molar-refractivity contribution >= 4 is 59.5 Å². The van der Waals surface area contributed by atoms with Crippen LogP contribution in [-0.2, 0) is 6.42 Å². The Morgan fingerprint density at radius 3 is 2.95 bits per heavy atom. The number of nitrogens with one attached hydrogen (secondary N) is 1. The Morgan fingerprint density at radius 2 is 2.32 bits per heavy atom. The number of fused-ring (bicyclic) bond motifs is 1. The summed E-state index contributed by atoms with van der Waals surface area (Å²) in [7, 11) is 0. The minimum Gasteiger partial charge on any atom is -0.297 e. The molecule has 0 saturated carbocycles. The van der Waals surface area contributed by atoms with E-state index in [1.165, 1.54) is 0 Å². The maximum atomic E-state index is 5.69. The van der Waals surface area contributed by atoms with Crippen LogP contribution in [0.5, 0.6) is 0 Å². The van der Waals surface area contributed by atoms with Crippen molar-refractivity contribution in [2.75, 3.05) is 0 Å². The van der Waals surface area contributed by atoms with Gasteiger partial charge in [-0.25, -0.2) is 4.98 Å². The number of thiophene rings is 1. The smallest absolute Gasteiger partial charge is 0.193 e. The lowest BCUT2D eigenvalue weighted by atomic mass is 10.1. The van der Waals surface area contributed by atoms with Gasteiger partial charge >= 0.3 is 0 Å². The van der Waals surface area contributed by atoms with Crippen molar-refractivity contribution in [3.8, 4) is 0 Å². The number of nitrogens with two attached hydrogens (primary N) is 1. The molecule has 1 atom stereocenters. The summed E-state index contributed by atoms with van der Waals surface area (Å²) in [6, 6.07) is 2.12. The van der Waals surface area contributed by atoms with Crippen LogP contribution in [0.1, 0.15) is 17.3 Å². The second-order valence-electron chi connectivity index (χ2n) is 4.03. The summed E-state index contributed by atoms with van der Waals surface area (Å²) in [6.45, 7) is 0. The molecule has 1 unspecified atom stereocenters. The van der Waals surface area contributed by atoms with Gasteiger partial charge in [0.25, 0.3) is 0 Å². The zero-order valence-electron chi connectivity index (χ0n) is 9.64. The molecule has 3 aromatic heterocycles. The van der Waals surface area contributed by atoms with E-state index in [-0.39, 0.29) is 6.04 Å². The topological polar surface area (TPSA) is 55.3 Å². The summed E-state index contributed by atoms with van der Waals surface area (Å²) in [6.07, 6.45) is 4.82. The molecule has 0 saturated heterocycles. The number of hydrazine groups is 1. The van der Waals surface area contributed by atoms with Gasteiger partial charge in [-0.15, -0.1) is 22.7 Å². The van der Waals surface area contributed by atoms with E-state index < -0.39 is 0 Å². The molecule has 0 spiro atoms. The summed E-state index contributed by atoms with van der Waals surface area (Å²) in [5.41, 5.74) is 5.05. The van der Waals surface area contributed by atoms with E-state index in [1.807, 2.05) is 22.2 Å². The molecule has 3 aromatic rings. The van der Waals surface area contributed by atoms with Crippen molar-refractivity contribution in [1.82, 2.24) is 14.8 Å². The van der Waals surface area contributed by atoms with Gasteiger partial charge in [0.05, 0.1) is 19.3 Å². The molecule has 0 bridgehead atoms. The number of halogens is 2. The molecule has 0 aliphatic carbocycles. The van der Waals surface area contributed by atoms with Crippen LogP contribution in [0.3, 0.4) is 0 Å². The summed E-state index contributed by atoms with van der Waals surface area (Å²) < 4.78 is 4.20. The Labute approximate surface area is 134 Å². The molecule has 100 valence electrons. The fourth-order valence-electron chi connectivity index (χ4n) is 1.93. The van der Waals surface area contributed by atoms with Gasteiger partial charge in [-0.2, -0.15) is 0 Å². The largest absolute Gasteiger partial charge is 0.297 e. The quantitative estimate of drug-likeness (QED) is 0.498. The summed E-state index contributed by atoms with van der Waals surface area (Å²) in [4.78, 5) is 5.60. The molecule has 19 heavy (non-hydrogen) atoms. The fourth-order valence-corrected chi connectivity index (χ4v) is 5.63. The zero-order chi connectivity index (χ0) is 13.4. The van der Waals surface area contributed by atoms with E-state index in [4.69, 9.17) is 5.84 Å². The average Bonchev–Trinajstić information content (AvgIpc) is 3.00. The Kier molecular flexibility index (Phi) is 4.06. The number of rotatable bonds is 4. The molecule has 0 fully saturated rings. The SMILES string of the molecule is NNC(Cc1cn2ccsc2n1)c1cc(Br)sc1Br. The first kappa shape index (κ1) is 13.7. The number of aromatic nitrogens is 2. The Morgan fingerprint density at radius 1 is 1.47 bits per heavy atom. The molecular formula is C11H10Br2N4S2. The fraction of sp³-hybridized carbons (Fsp3) is 0.182. The van der Waals surface area contributed by atoms with Crippen molar-refractivity contribution in [1.29, 1.82) is 0 Å². The Hall–Kier alpha value is -0.250. The van der Waals surface area contributed by atoms with Gasteiger partial charge in [0.1, 0.15) is 0 Å². The number of hydrogen-bond donors (Lipinski definition) is 2. The molecule has 0 aliphatic rings. The van der Waals surface area contributed by atoms with Crippen LogP contribution in [0.4, 0.5) is 0 Å². The Bertz CT molecular complexity index is 674. The number of imidazole rings is 1. The lowest BCUT2D eigenvalue weighted by molar-refractivity contribution is 0.547. The van der Waals surface area contributed by atoms with E-state index in [0.717, 1.165) is 30.2 Å². The third-order valence-electron chi connectivity index (χ3n) is 2.82. The van der Waals surface area contributed by atoms with Crippen LogP contribution in [0, 0.1) is 0 Å². The molecule has 0 aromatic carbocycles. The summed E-state index contributed by atoms with van der Waals surface area (Å²) in [5, 5.41) is 2.03. The predicted molar refractivity (Wildman–Crippen MR) is 86.6 cm³/mol. The van der Waals surface area contributed by atoms with Crippen LogP contribution in [-0.4, -0.2) is 9.38 Å². The summed E-state index contributed by atoms with van der Waals surface area (Å²) in [5.74, 6) is 5.69. The second-order valence-corrected chi connectivity index (χ2v) is 8.65. The first-order chi connectivity index (χ1) is 9.17. The number of thiazole rings is 1. The van der Waals surface area contributed by atoms with Gasteiger partial charge in [-0.05, 0) is 43.5 Å². The monoisotopic (exact) mass is 420 g/mol. The molecule has 3 N–H and O–H groups in total. The highest BCUT2D eigenvalue weighted by molar-refractivity contribution is 9.12. The normalized spacial score (nSPS) is 13.2. The van der Waals surface area contributed by atoms with Crippen LogP contribution in [0.15, 0.2) is 31.4 Å². The van der Waals surface area contributed by atoms with Gasteiger partial charge in [0.2, 0.25) is 0 Å². The maximum absolute atomic E-state index is 5.69. The molecule has 3 heterocycles. The standard InChI is InChI=1S/C11H10Br2N4S2/c12-9-4-7(10(13)19-9)8(16-14)3-6-5-17-1-2-18-11(17)15-6/h1-2,4-5,8,16H,3,14H2. The summed E-state index contributed by atoms with van der Waals surface area (Å²) >= 11 is 10.3. The first-order valence-corrected chi connectivity index (χ1v) is 8.77. The predicted octanol–water partition coefficient (Wildman–Crippen LogP) is 3.73. The highest BCUT2D eigenvalue weighted by Crippen LogP contribution is 2.36. The van der Waals surface area contributed by atoms with E-state index in [0.29, 0.717) is 0 Å². The van der Waals surface area contributed by atoms with E-state index >= 15 is 0 Å². The molecular weight excluding hydrogens is 412 g/mol. The lowest BCUT2D eigenvalue weighted by Crippen LogP contribution is -2.29. The third-order valence-corrected chi connectivity index (χ3v) is 5.97.